The highest BCUT2D eigenvalue weighted by Crippen LogP contribution is 2.32. The predicted octanol–water partition coefficient (Wildman–Crippen LogP) is 3.56. The van der Waals surface area contributed by atoms with Crippen molar-refractivity contribution >= 4 is 11.6 Å². The molecule has 0 saturated carbocycles. The fraction of sp³-hybridized carbons (Fsp3) is 0.571. The standard InChI is InChI=1S/C14H17ClF3NO/c15-13-2-1-12(14(16,17)18)7-11(13)8-19-5-3-10(9-20)4-6-19/h1-2,7,10,20H,3-6,8-9H2. The zero-order valence-electron chi connectivity index (χ0n) is 11.0. The Morgan fingerprint density at radius 2 is 1.90 bits per heavy atom. The van der Waals surface area contributed by atoms with Gasteiger partial charge in [-0.15, -0.1) is 0 Å². The molecule has 0 spiro atoms. The topological polar surface area (TPSA) is 23.5 Å². The van der Waals surface area contributed by atoms with Gasteiger partial charge in [-0.25, -0.2) is 0 Å². The Kier molecular flexibility index (Phi) is 4.94. The molecule has 1 aromatic carbocycles. The summed E-state index contributed by atoms with van der Waals surface area (Å²) in [4.78, 5) is 2.08. The SMILES string of the molecule is OCC1CCN(Cc2cc(C(F)(F)F)ccc2Cl)CC1. The highest BCUT2D eigenvalue weighted by atomic mass is 35.5. The number of halogens is 4. The quantitative estimate of drug-likeness (QED) is 0.923. The molecule has 1 aromatic rings. The van der Waals surface area contributed by atoms with Gasteiger partial charge in [-0.2, -0.15) is 13.2 Å². The molecule has 2 rings (SSSR count). The highest BCUT2D eigenvalue weighted by molar-refractivity contribution is 6.31. The molecule has 1 fully saturated rings. The van der Waals surface area contributed by atoms with E-state index >= 15 is 0 Å². The molecular formula is C14H17ClF3NO. The number of nitrogens with zero attached hydrogens (tertiary/aromatic N) is 1. The maximum Gasteiger partial charge on any atom is 0.416 e. The Balaban J connectivity index is 2.06. The second-order valence-corrected chi connectivity index (χ2v) is 5.61. The minimum absolute atomic E-state index is 0.179. The van der Waals surface area contributed by atoms with Crippen LogP contribution in [0.5, 0.6) is 0 Å². The number of benzene rings is 1. The van der Waals surface area contributed by atoms with Gasteiger partial charge in [-0.05, 0) is 55.6 Å². The van der Waals surface area contributed by atoms with Gasteiger partial charge < -0.3 is 5.11 Å². The van der Waals surface area contributed by atoms with Crippen LogP contribution in [0, 0.1) is 5.92 Å². The zero-order valence-corrected chi connectivity index (χ0v) is 11.7. The van der Waals surface area contributed by atoms with E-state index < -0.39 is 11.7 Å². The molecule has 0 aromatic heterocycles. The van der Waals surface area contributed by atoms with Crippen molar-refractivity contribution in [2.75, 3.05) is 19.7 Å². The van der Waals surface area contributed by atoms with Gasteiger partial charge in [0.25, 0.3) is 0 Å². The molecule has 0 radical (unpaired) electrons. The Hall–Kier alpha value is -0.780. The van der Waals surface area contributed by atoms with Crippen molar-refractivity contribution in [1.82, 2.24) is 4.90 Å². The van der Waals surface area contributed by atoms with Crippen LogP contribution < -0.4 is 0 Å². The van der Waals surface area contributed by atoms with E-state index in [4.69, 9.17) is 16.7 Å². The van der Waals surface area contributed by atoms with Crippen LogP contribution >= 0.6 is 11.6 Å². The summed E-state index contributed by atoms with van der Waals surface area (Å²) in [5.41, 5.74) is -0.161. The van der Waals surface area contributed by atoms with Gasteiger partial charge in [0.15, 0.2) is 0 Å². The largest absolute Gasteiger partial charge is 0.416 e. The molecule has 0 bridgehead atoms. The third-order valence-corrected chi connectivity index (χ3v) is 4.10. The molecule has 6 heteroatoms. The van der Waals surface area contributed by atoms with Crippen molar-refractivity contribution in [3.05, 3.63) is 34.3 Å². The normalized spacial score (nSPS) is 18.4. The van der Waals surface area contributed by atoms with Gasteiger partial charge in [0.2, 0.25) is 0 Å². The molecule has 1 aliphatic heterocycles. The van der Waals surface area contributed by atoms with Crippen LogP contribution in [0.25, 0.3) is 0 Å². The Labute approximate surface area is 121 Å². The summed E-state index contributed by atoms with van der Waals surface area (Å²) in [6, 6.07) is 3.43. The number of alkyl halides is 3. The lowest BCUT2D eigenvalue weighted by molar-refractivity contribution is -0.137. The van der Waals surface area contributed by atoms with E-state index in [2.05, 4.69) is 4.90 Å². The molecule has 2 nitrogen and oxygen atoms in total. The maximum absolute atomic E-state index is 12.7. The van der Waals surface area contributed by atoms with Crippen LogP contribution in [0.1, 0.15) is 24.0 Å². The summed E-state index contributed by atoms with van der Waals surface area (Å²) in [7, 11) is 0. The second-order valence-electron chi connectivity index (χ2n) is 5.21. The first-order valence-electron chi connectivity index (χ1n) is 6.59. The third kappa shape index (κ3) is 3.87. The van der Waals surface area contributed by atoms with Gasteiger partial charge in [0.05, 0.1) is 5.56 Å². The van der Waals surface area contributed by atoms with Crippen LogP contribution in [0.4, 0.5) is 13.2 Å². The Morgan fingerprint density at radius 1 is 1.25 bits per heavy atom. The minimum atomic E-state index is -4.34. The van der Waals surface area contributed by atoms with Crippen molar-refractivity contribution < 1.29 is 18.3 Å². The fourth-order valence-electron chi connectivity index (χ4n) is 2.44. The van der Waals surface area contributed by atoms with Crippen molar-refractivity contribution in [2.24, 2.45) is 5.92 Å². The second kappa shape index (κ2) is 6.33. The summed E-state index contributed by atoms with van der Waals surface area (Å²) in [5, 5.41) is 9.44. The Morgan fingerprint density at radius 3 is 2.45 bits per heavy atom. The van der Waals surface area contributed by atoms with Crippen LogP contribution in [0.2, 0.25) is 5.02 Å². The molecule has 20 heavy (non-hydrogen) atoms. The van der Waals surface area contributed by atoms with E-state index in [-0.39, 0.29) is 6.61 Å². The smallest absolute Gasteiger partial charge is 0.396 e. The lowest BCUT2D eigenvalue weighted by atomic mass is 9.97. The van der Waals surface area contributed by atoms with Crippen LogP contribution in [-0.2, 0) is 12.7 Å². The minimum Gasteiger partial charge on any atom is -0.396 e. The van der Waals surface area contributed by atoms with Gasteiger partial charge in [-0.3, -0.25) is 4.90 Å². The maximum atomic E-state index is 12.7. The third-order valence-electron chi connectivity index (χ3n) is 3.73. The fourth-order valence-corrected chi connectivity index (χ4v) is 2.62. The van der Waals surface area contributed by atoms with E-state index in [1.165, 1.54) is 6.07 Å². The first kappa shape index (κ1) is 15.6. The number of aliphatic hydroxyl groups is 1. The first-order valence-corrected chi connectivity index (χ1v) is 6.97. The lowest BCUT2D eigenvalue weighted by Gasteiger charge is -2.31. The molecule has 0 unspecified atom stereocenters. The number of rotatable bonds is 3. The van der Waals surface area contributed by atoms with Gasteiger partial charge in [0, 0.05) is 18.2 Å². The summed E-state index contributed by atoms with van der Waals surface area (Å²) in [6.45, 7) is 2.15. The number of hydrogen-bond acceptors (Lipinski definition) is 2. The number of hydrogen-bond donors (Lipinski definition) is 1. The van der Waals surface area contributed by atoms with E-state index in [0.29, 0.717) is 23.0 Å². The number of aliphatic hydroxyl groups excluding tert-OH is 1. The van der Waals surface area contributed by atoms with Crippen molar-refractivity contribution in [3.63, 3.8) is 0 Å². The van der Waals surface area contributed by atoms with Crippen LogP contribution in [0.15, 0.2) is 18.2 Å². The van der Waals surface area contributed by atoms with E-state index in [1.54, 1.807) is 0 Å². The van der Waals surface area contributed by atoms with Gasteiger partial charge >= 0.3 is 6.18 Å². The molecule has 1 saturated heterocycles. The molecule has 112 valence electrons. The van der Waals surface area contributed by atoms with Crippen molar-refractivity contribution in [1.29, 1.82) is 0 Å². The molecular weight excluding hydrogens is 291 g/mol. The van der Waals surface area contributed by atoms with Crippen molar-refractivity contribution in [3.8, 4) is 0 Å². The van der Waals surface area contributed by atoms with Crippen LogP contribution in [0.3, 0.4) is 0 Å². The molecule has 1 N–H and O–H groups in total. The lowest BCUT2D eigenvalue weighted by Crippen LogP contribution is -2.34. The molecule has 0 aliphatic carbocycles. The zero-order chi connectivity index (χ0) is 14.8. The highest BCUT2D eigenvalue weighted by Gasteiger charge is 2.31. The van der Waals surface area contributed by atoms with Gasteiger partial charge in [-0.1, -0.05) is 11.6 Å². The summed E-state index contributed by atoms with van der Waals surface area (Å²) < 4.78 is 38.1. The van der Waals surface area contributed by atoms with Gasteiger partial charge in [0.1, 0.15) is 0 Å². The Bertz CT molecular complexity index is 456. The summed E-state index contributed by atoms with van der Waals surface area (Å²) in [6.07, 6.45) is -2.61. The van der Waals surface area contributed by atoms with E-state index in [1.807, 2.05) is 0 Å². The van der Waals surface area contributed by atoms with E-state index in [0.717, 1.165) is 38.1 Å². The van der Waals surface area contributed by atoms with Crippen LogP contribution in [-0.4, -0.2) is 29.7 Å². The van der Waals surface area contributed by atoms with Crippen molar-refractivity contribution in [2.45, 2.75) is 25.6 Å². The average molecular weight is 308 g/mol. The van der Waals surface area contributed by atoms with E-state index in [9.17, 15) is 13.2 Å². The molecule has 0 amide bonds. The summed E-state index contributed by atoms with van der Waals surface area (Å²) >= 11 is 5.99. The molecule has 1 aliphatic rings. The monoisotopic (exact) mass is 307 g/mol. The molecule has 1 heterocycles. The predicted molar refractivity (Wildman–Crippen MR) is 71.5 cm³/mol. The first-order chi connectivity index (χ1) is 9.40. The number of likely N-dealkylation sites (tertiary alicyclic amines) is 1. The average Bonchev–Trinajstić information content (AvgIpc) is 2.41. The summed E-state index contributed by atoms with van der Waals surface area (Å²) in [5.74, 6) is 0.309. The number of piperidine rings is 1. The molecule has 0 atom stereocenters.